The van der Waals surface area contributed by atoms with Gasteiger partial charge in [0.15, 0.2) is 11.6 Å². The predicted molar refractivity (Wildman–Crippen MR) is 95.9 cm³/mol. The first-order valence-corrected chi connectivity index (χ1v) is 9.46. The Morgan fingerprint density at radius 1 is 1.20 bits per heavy atom. The Morgan fingerprint density at radius 2 is 1.88 bits per heavy atom. The van der Waals surface area contributed by atoms with Gasteiger partial charge in [-0.15, -0.1) is 0 Å². The molecule has 0 spiro atoms. The van der Waals surface area contributed by atoms with Gasteiger partial charge in [0.1, 0.15) is 0 Å². The van der Waals surface area contributed by atoms with Crippen LogP contribution >= 0.6 is 0 Å². The third-order valence-corrected chi connectivity index (χ3v) is 5.61. The van der Waals surface area contributed by atoms with E-state index in [4.69, 9.17) is 4.74 Å². The molecule has 0 aliphatic carbocycles. The van der Waals surface area contributed by atoms with Gasteiger partial charge in [0, 0.05) is 19.1 Å². The molecule has 0 heterocycles. The third-order valence-electron chi connectivity index (χ3n) is 3.90. The molecule has 7 heteroatoms. The number of ether oxygens (including phenoxy) is 1. The quantitative estimate of drug-likeness (QED) is 0.780. The van der Waals surface area contributed by atoms with Crippen LogP contribution in [0.5, 0.6) is 5.75 Å². The highest BCUT2D eigenvalue weighted by atomic mass is 32.2. The van der Waals surface area contributed by atoms with Gasteiger partial charge in [-0.1, -0.05) is 43.3 Å². The van der Waals surface area contributed by atoms with Crippen LogP contribution in [0.25, 0.3) is 0 Å². The fourth-order valence-electron chi connectivity index (χ4n) is 2.47. The lowest BCUT2D eigenvalue weighted by molar-refractivity contribution is 0.385. The summed E-state index contributed by atoms with van der Waals surface area (Å²) in [5, 5.41) is 0. The maximum absolute atomic E-state index is 13.8. The Bertz CT molecular complexity index is 797. The summed E-state index contributed by atoms with van der Waals surface area (Å²) in [7, 11) is -2.34. The van der Waals surface area contributed by atoms with Gasteiger partial charge in [-0.25, -0.2) is 4.39 Å². The molecular formula is C18H23FN2O3S. The van der Waals surface area contributed by atoms with Crippen LogP contribution in [0.4, 0.5) is 4.39 Å². The highest BCUT2D eigenvalue weighted by molar-refractivity contribution is 7.87. The molecule has 1 atom stereocenters. The van der Waals surface area contributed by atoms with Crippen LogP contribution in [-0.4, -0.2) is 26.4 Å². The largest absolute Gasteiger partial charge is 0.494 e. The average molecular weight is 366 g/mol. The normalized spacial score (nSPS) is 13.0. The molecule has 0 saturated heterocycles. The molecule has 0 amide bonds. The summed E-state index contributed by atoms with van der Waals surface area (Å²) in [6, 6.07) is 13.2. The first-order chi connectivity index (χ1) is 11.9. The number of nitrogens with one attached hydrogen (secondary N) is 1. The van der Waals surface area contributed by atoms with E-state index in [1.807, 2.05) is 30.3 Å². The number of hydrogen-bond donors (Lipinski definition) is 1. The molecule has 0 aromatic heterocycles. The van der Waals surface area contributed by atoms with Crippen molar-refractivity contribution in [3.8, 4) is 5.75 Å². The third kappa shape index (κ3) is 5.01. The molecule has 0 radical (unpaired) electrons. The first-order valence-electron chi connectivity index (χ1n) is 8.02. The molecule has 2 aromatic carbocycles. The highest BCUT2D eigenvalue weighted by Gasteiger charge is 2.23. The Morgan fingerprint density at radius 3 is 2.44 bits per heavy atom. The van der Waals surface area contributed by atoms with Crippen molar-refractivity contribution in [2.24, 2.45) is 0 Å². The molecule has 136 valence electrons. The van der Waals surface area contributed by atoms with Crippen molar-refractivity contribution in [1.82, 2.24) is 9.03 Å². The van der Waals surface area contributed by atoms with Gasteiger partial charge in [0.2, 0.25) is 0 Å². The molecule has 0 bridgehead atoms. The van der Waals surface area contributed by atoms with E-state index in [0.717, 1.165) is 5.56 Å². The van der Waals surface area contributed by atoms with Crippen LogP contribution in [0.15, 0.2) is 48.5 Å². The minimum atomic E-state index is -3.72. The predicted octanol–water partition coefficient (Wildman–Crippen LogP) is 3.25. The van der Waals surface area contributed by atoms with E-state index in [0.29, 0.717) is 12.1 Å². The molecule has 5 nitrogen and oxygen atoms in total. The number of hydrogen-bond acceptors (Lipinski definition) is 3. The minimum Gasteiger partial charge on any atom is -0.494 e. The lowest BCUT2D eigenvalue weighted by atomic mass is 10.1. The van der Waals surface area contributed by atoms with Gasteiger partial charge in [-0.2, -0.15) is 17.4 Å². The topological polar surface area (TPSA) is 58.6 Å². The number of benzene rings is 2. The van der Waals surface area contributed by atoms with Crippen LogP contribution in [0, 0.1) is 5.82 Å². The number of halogens is 1. The number of methoxy groups -OCH3 is 1. The second kappa shape index (κ2) is 8.42. The molecule has 0 unspecified atom stereocenters. The summed E-state index contributed by atoms with van der Waals surface area (Å²) in [5.41, 5.74) is 1.43. The Labute approximate surface area is 148 Å². The van der Waals surface area contributed by atoms with Crippen LogP contribution in [-0.2, 0) is 16.8 Å². The van der Waals surface area contributed by atoms with E-state index >= 15 is 0 Å². The van der Waals surface area contributed by atoms with Gasteiger partial charge in [0.05, 0.1) is 7.11 Å². The zero-order valence-corrected chi connectivity index (χ0v) is 15.4. The molecule has 1 N–H and O–H groups in total. The highest BCUT2D eigenvalue weighted by Crippen LogP contribution is 2.22. The van der Waals surface area contributed by atoms with Crippen molar-refractivity contribution in [2.75, 3.05) is 13.7 Å². The number of nitrogens with zero attached hydrogens (tertiary/aromatic N) is 1. The van der Waals surface area contributed by atoms with Crippen molar-refractivity contribution >= 4 is 10.2 Å². The molecule has 0 aliphatic heterocycles. The first kappa shape index (κ1) is 19.4. The Hall–Kier alpha value is -1.96. The van der Waals surface area contributed by atoms with Crippen molar-refractivity contribution in [2.45, 2.75) is 26.4 Å². The molecule has 0 aliphatic rings. The summed E-state index contributed by atoms with van der Waals surface area (Å²) in [6.07, 6.45) is 0. The van der Waals surface area contributed by atoms with Crippen LogP contribution in [0.1, 0.15) is 31.0 Å². The standard InChI is InChI=1S/C18H23FN2O3S/c1-4-21(13-15-8-6-5-7-9-15)25(22,23)20-14(2)16-10-11-18(24-3)17(19)12-16/h5-12,14,20H,4,13H2,1-3H3/t14-/m0/s1. The average Bonchev–Trinajstić information content (AvgIpc) is 2.59. The molecule has 2 aromatic rings. The van der Waals surface area contributed by atoms with Crippen LogP contribution in [0.3, 0.4) is 0 Å². The van der Waals surface area contributed by atoms with Crippen molar-refractivity contribution in [3.05, 3.63) is 65.5 Å². The number of rotatable bonds is 8. The van der Waals surface area contributed by atoms with Gasteiger partial charge in [0.25, 0.3) is 10.2 Å². The summed E-state index contributed by atoms with van der Waals surface area (Å²) in [4.78, 5) is 0. The van der Waals surface area contributed by atoms with Crippen molar-refractivity contribution in [1.29, 1.82) is 0 Å². The van der Waals surface area contributed by atoms with Crippen LogP contribution < -0.4 is 9.46 Å². The Kier molecular flexibility index (Phi) is 6.52. The molecule has 25 heavy (non-hydrogen) atoms. The van der Waals surface area contributed by atoms with E-state index in [9.17, 15) is 12.8 Å². The maximum Gasteiger partial charge on any atom is 0.280 e. The van der Waals surface area contributed by atoms with Crippen molar-refractivity contribution in [3.63, 3.8) is 0 Å². The fourth-order valence-corrected chi connectivity index (χ4v) is 3.86. The van der Waals surface area contributed by atoms with E-state index < -0.39 is 22.1 Å². The second-order valence-electron chi connectivity index (χ2n) is 5.65. The van der Waals surface area contributed by atoms with E-state index in [2.05, 4.69) is 4.72 Å². The smallest absolute Gasteiger partial charge is 0.280 e. The fraction of sp³-hybridized carbons (Fsp3) is 0.333. The monoisotopic (exact) mass is 366 g/mol. The lowest BCUT2D eigenvalue weighted by Gasteiger charge is -2.24. The SMILES string of the molecule is CCN(Cc1ccccc1)S(=O)(=O)N[C@@H](C)c1ccc(OC)c(F)c1. The maximum atomic E-state index is 13.8. The summed E-state index contributed by atoms with van der Waals surface area (Å²) >= 11 is 0. The van der Waals surface area contributed by atoms with Crippen LogP contribution in [0.2, 0.25) is 0 Å². The molecule has 0 fully saturated rings. The van der Waals surface area contributed by atoms with Gasteiger partial charge < -0.3 is 4.74 Å². The Balaban J connectivity index is 2.14. The molecule has 0 saturated carbocycles. The van der Waals surface area contributed by atoms with E-state index in [1.165, 1.54) is 23.5 Å². The molecular weight excluding hydrogens is 343 g/mol. The minimum absolute atomic E-state index is 0.123. The zero-order valence-electron chi connectivity index (χ0n) is 14.6. The van der Waals surface area contributed by atoms with E-state index in [-0.39, 0.29) is 12.3 Å². The van der Waals surface area contributed by atoms with Gasteiger partial charge in [-0.05, 0) is 30.2 Å². The summed E-state index contributed by atoms with van der Waals surface area (Å²) < 4.78 is 48.0. The molecule has 2 rings (SSSR count). The lowest BCUT2D eigenvalue weighted by Crippen LogP contribution is -2.41. The van der Waals surface area contributed by atoms with Crippen molar-refractivity contribution < 1.29 is 17.5 Å². The summed E-state index contributed by atoms with van der Waals surface area (Å²) in [5.74, 6) is -0.402. The zero-order chi connectivity index (χ0) is 18.4. The van der Waals surface area contributed by atoms with E-state index in [1.54, 1.807) is 19.9 Å². The second-order valence-corrected chi connectivity index (χ2v) is 7.35. The van der Waals surface area contributed by atoms with Gasteiger partial charge >= 0.3 is 0 Å². The summed E-state index contributed by atoms with van der Waals surface area (Å²) in [6.45, 7) is 4.05. The van der Waals surface area contributed by atoms with Gasteiger partial charge in [-0.3, -0.25) is 0 Å².